The van der Waals surface area contributed by atoms with Crippen LogP contribution in [-0.4, -0.2) is 21.3 Å². The highest BCUT2D eigenvalue weighted by Crippen LogP contribution is 2.21. The minimum absolute atomic E-state index is 0.271. The molecule has 0 unspecified atom stereocenters. The van der Waals surface area contributed by atoms with Crippen LogP contribution in [0.4, 0.5) is 0 Å². The van der Waals surface area contributed by atoms with Crippen LogP contribution in [0.15, 0.2) is 95.9 Å². The number of cyclic esters (lactones) is 1. The number of nitrogens with zero attached hydrogens (tertiary/aromatic N) is 3. The number of hydrogen-bond donors (Lipinski definition) is 0. The van der Waals surface area contributed by atoms with Crippen LogP contribution in [0.3, 0.4) is 0 Å². The summed E-state index contributed by atoms with van der Waals surface area (Å²) in [6.45, 7) is 0.374. The predicted octanol–water partition coefficient (Wildman–Crippen LogP) is 4.26. The maximum atomic E-state index is 12.1. The van der Waals surface area contributed by atoms with Crippen molar-refractivity contribution in [1.82, 2.24) is 9.38 Å². The maximum absolute atomic E-state index is 12.1. The number of fused-ring (bicyclic) bond motifs is 1. The van der Waals surface area contributed by atoms with E-state index in [9.17, 15) is 4.79 Å². The van der Waals surface area contributed by atoms with E-state index in [1.165, 1.54) is 0 Å². The smallest absolute Gasteiger partial charge is 0.363 e. The summed E-state index contributed by atoms with van der Waals surface area (Å²) >= 11 is 0. The van der Waals surface area contributed by atoms with E-state index in [-0.39, 0.29) is 5.70 Å². The number of imidazole rings is 1. The summed E-state index contributed by atoms with van der Waals surface area (Å²) in [6, 6.07) is 22.7. The van der Waals surface area contributed by atoms with Gasteiger partial charge in [0.05, 0.1) is 5.69 Å². The summed E-state index contributed by atoms with van der Waals surface area (Å²) < 4.78 is 13.1. The quantitative estimate of drug-likeness (QED) is 0.374. The molecular weight excluding hydrogens is 378 g/mol. The van der Waals surface area contributed by atoms with E-state index in [4.69, 9.17) is 9.47 Å². The van der Waals surface area contributed by atoms with Crippen LogP contribution >= 0.6 is 0 Å². The predicted molar refractivity (Wildman–Crippen MR) is 113 cm³/mol. The summed E-state index contributed by atoms with van der Waals surface area (Å²) in [5.74, 6) is 0.581. The monoisotopic (exact) mass is 395 g/mol. The van der Waals surface area contributed by atoms with Crippen LogP contribution in [0.5, 0.6) is 5.75 Å². The Hall–Kier alpha value is -4.19. The second-order valence-corrected chi connectivity index (χ2v) is 6.76. The minimum Gasteiger partial charge on any atom is -0.487 e. The summed E-state index contributed by atoms with van der Waals surface area (Å²) in [5, 5.41) is 0. The fraction of sp³-hybridized carbons (Fsp3) is 0.0417. The van der Waals surface area contributed by atoms with Crippen molar-refractivity contribution in [3.8, 4) is 5.75 Å². The number of hydrogen-bond acceptors (Lipinski definition) is 5. The van der Waals surface area contributed by atoms with Gasteiger partial charge in [-0.25, -0.2) is 14.8 Å². The van der Waals surface area contributed by atoms with Crippen molar-refractivity contribution < 1.29 is 14.3 Å². The number of aromatic nitrogens is 2. The number of esters is 1. The topological polar surface area (TPSA) is 65.2 Å². The lowest BCUT2D eigenvalue weighted by Crippen LogP contribution is -2.04. The van der Waals surface area contributed by atoms with Crippen LogP contribution in [0.2, 0.25) is 0 Å². The molecule has 4 aromatic rings. The molecule has 0 fully saturated rings. The lowest BCUT2D eigenvalue weighted by Gasteiger charge is -2.04. The van der Waals surface area contributed by atoms with Gasteiger partial charge in [0.2, 0.25) is 5.90 Å². The fourth-order valence-electron chi connectivity index (χ4n) is 3.15. The van der Waals surface area contributed by atoms with Gasteiger partial charge in [-0.05, 0) is 48.0 Å². The highest BCUT2D eigenvalue weighted by Gasteiger charge is 2.23. The van der Waals surface area contributed by atoms with E-state index in [1.807, 2.05) is 89.6 Å². The Morgan fingerprint density at radius 2 is 1.77 bits per heavy atom. The van der Waals surface area contributed by atoms with Gasteiger partial charge in [0.15, 0.2) is 5.70 Å². The van der Waals surface area contributed by atoms with Crippen LogP contribution in [0.25, 0.3) is 11.7 Å². The SMILES string of the molecule is O=C1OC(c2ccccc2)=NC1=Cc1ccc(OCc2cn3ccccc3n2)cc1. The molecule has 2 aromatic heterocycles. The Morgan fingerprint density at radius 3 is 2.57 bits per heavy atom. The van der Waals surface area contributed by atoms with E-state index in [2.05, 4.69) is 9.98 Å². The van der Waals surface area contributed by atoms with Crippen LogP contribution < -0.4 is 4.74 Å². The first-order valence-electron chi connectivity index (χ1n) is 9.48. The molecule has 0 amide bonds. The maximum Gasteiger partial charge on any atom is 0.363 e. The summed E-state index contributed by atoms with van der Waals surface area (Å²) in [7, 11) is 0. The summed E-state index contributed by atoms with van der Waals surface area (Å²) in [5.41, 5.74) is 3.61. The molecule has 0 bridgehead atoms. The third-order valence-corrected chi connectivity index (χ3v) is 4.63. The molecule has 30 heavy (non-hydrogen) atoms. The molecule has 0 N–H and O–H groups in total. The highest BCUT2D eigenvalue weighted by atomic mass is 16.6. The lowest BCUT2D eigenvalue weighted by atomic mass is 10.2. The Labute approximate surface area is 172 Å². The average Bonchev–Trinajstić information content (AvgIpc) is 3.37. The Bertz CT molecular complexity index is 1240. The molecule has 1 aliphatic heterocycles. The number of carbonyl (C=O) groups is 1. The molecule has 0 atom stereocenters. The fourth-order valence-corrected chi connectivity index (χ4v) is 3.15. The standard InChI is InChI=1S/C24H17N3O3/c28-24-21(26-23(30-24)18-6-2-1-3-7-18)14-17-9-11-20(12-10-17)29-16-19-15-27-13-5-4-8-22(27)25-19/h1-15H,16H2. The Morgan fingerprint density at radius 1 is 0.967 bits per heavy atom. The van der Waals surface area contributed by atoms with E-state index in [0.717, 1.165) is 28.2 Å². The van der Waals surface area contributed by atoms with Crippen molar-refractivity contribution in [2.75, 3.05) is 0 Å². The zero-order chi connectivity index (χ0) is 20.3. The van der Waals surface area contributed by atoms with Gasteiger partial charge in [-0.2, -0.15) is 0 Å². The first-order chi connectivity index (χ1) is 14.7. The van der Waals surface area contributed by atoms with Crippen molar-refractivity contribution in [2.24, 2.45) is 4.99 Å². The third-order valence-electron chi connectivity index (χ3n) is 4.63. The number of pyridine rings is 1. The van der Waals surface area contributed by atoms with Gasteiger partial charge >= 0.3 is 5.97 Å². The zero-order valence-electron chi connectivity index (χ0n) is 15.9. The molecule has 0 radical (unpaired) electrons. The largest absolute Gasteiger partial charge is 0.487 e. The first kappa shape index (κ1) is 17.9. The molecule has 0 saturated carbocycles. The molecule has 146 valence electrons. The molecule has 6 nitrogen and oxygen atoms in total. The van der Waals surface area contributed by atoms with Gasteiger partial charge in [-0.3, -0.25) is 0 Å². The Kier molecular flexibility index (Phi) is 4.57. The van der Waals surface area contributed by atoms with Gasteiger partial charge in [0.25, 0.3) is 0 Å². The molecule has 0 aliphatic carbocycles. The van der Waals surface area contributed by atoms with Crippen molar-refractivity contribution in [2.45, 2.75) is 6.61 Å². The van der Waals surface area contributed by atoms with Crippen LogP contribution in [0, 0.1) is 0 Å². The highest BCUT2D eigenvalue weighted by molar-refractivity contribution is 6.12. The second-order valence-electron chi connectivity index (χ2n) is 6.76. The van der Waals surface area contributed by atoms with Crippen molar-refractivity contribution in [3.05, 3.63) is 108 Å². The van der Waals surface area contributed by atoms with Crippen LogP contribution in [-0.2, 0) is 16.1 Å². The molecule has 2 aromatic carbocycles. The van der Waals surface area contributed by atoms with Crippen molar-refractivity contribution in [3.63, 3.8) is 0 Å². The molecule has 0 spiro atoms. The van der Waals surface area contributed by atoms with Crippen molar-refractivity contribution in [1.29, 1.82) is 0 Å². The zero-order valence-corrected chi connectivity index (χ0v) is 15.9. The van der Waals surface area contributed by atoms with Gasteiger partial charge in [0.1, 0.15) is 18.0 Å². The normalized spacial score (nSPS) is 14.7. The number of aliphatic imine (C=N–C) groups is 1. The lowest BCUT2D eigenvalue weighted by molar-refractivity contribution is -0.129. The molecule has 5 rings (SSSR count). The number of ether oxygens (including phenoxy) is 2. The van der Waals surface area contributed by atoms with E-state index in [0.29, 0.717) is 12.5 Å². The van der Waals surface area contributed by atoms with E-state index in [1.54, 1.807) is 6.08 Å². The molecule has 0 saturated heterocycles. The minimum atomic E-state index is -0.457. The summed E-state index contributed by atoms with van der Waals surface area (Å²) in [6.07, 6.45) is 5.60. The van der Waals surface area contributed by atoms with Gasteiger partial charge in [-0.1, -0.05) is 36.4 Å². The molecule has 3 heterocycles. The second kappa shape index (κ2) is 7.67. The van der Waals surface area contributed by atoms with Gasteiger partial charge in [-0.15, -0.1) is 0 Å². The van der Waals surface area contributed by atoms with Crippen molar-refractivity contribution >= 4 is 23.6 Å². The molecular formula is C24H17N3O3. The number of benzene rings is 2. The number of carbonyl (C=O) groups excluding carboxylic acids is 1. The van der Waals surface area contributed by atoms with E-state index >= 15 is 0 Å². The summed E-state index contributed by atoms with van der Waals surface area (Å²) in [4.78, 5) is 21.0. The molecule has 6 heteroatoms. The van der Waals surface area contributed by atoms with Gasteiger partial charge in [0, 0.05) is 18.0 Å². The average molecular weight is 395 g/mol. The van der Waals surface area contributed by atoms with E-state index < -0.39 is 5.97 Å². The van der Waals surface area contributed by atoms with Gasteiger partial charge < -0.3 is 13.9 Å². The number of rotatable bonds is 5. The third kappa shape index (κ3) is 3.71. The Balaban J connectivity index is 1.27. The van der Waals surface area contributed by atoms with Crippen LogP contribution in [0.1, 0.15) is 16.8 Å². The molecule has 1 aliphatic rings. The first-order valence-corrected chi connectivity index (χ1v) is 9.48.